The zero-order valence-electron chi connectivity index (χ0n) is 13.8. The van der Waals surface area contributed by atoms with Gasteiger partial charge in [-0.1, -0.05) is 12.5 Å². The van der Waals surface area contributed by atoms with E-state index in [1.54, 1.807) is 0 Å². The average molecular weight is 316 g/mol. The summed E-state index contributed by atoms with van der Waals surface area (Å²) in [5.74, 6) is -0.152. The lowest BCUT2D eigenvalue weighted by atomic mass is 9.95. The molecule has 2 aliphatic rings. The zero-order chi connectivity index (χ0) is 16.2. The molecule has 0 aromatic heterocycles. The molecule has 0 aliphatic carbocycles. The third-order valence-corrected chi connectivity index (χ3v) is 5.19. The number of piperidine rings is 2. The van der Waals surface area contributed by atoms with Crippen LogP contribution in [0.2, 0.25) is 0 Å². The lowest BCUT2D eigenvalue weighted by molar-refractivity contribution is -0.122. The van der Waals surface area contributed by atoms with Crippen LogP contribution in [0.5, 0.6) is 0 Å². The van der Waals surface area contributed by atoms with E-state index in [2.05, 4.69) is 21.9 Å². The van der Waals surface area contributed by atoms with Gasteiger partial charge in [0.2, 0.25) is 5.91 Å². The van der Waals surface area contributed by atoms with Crippen molar-refractivity contribution in [3.05, 3.63) is 23.8 Å². The van der Waals surface area contributed by atoms with Gasteiger partial charge in [-0.2, -0.15) is 0 Å². The summed E-state index contributed by atoms with van der Waals surface area (Å²) in [5.41, 5.74) is 14.9. The van der Waals surface area contributed by atoms with Gasteiger partial charge >= 0.3 is 0 Å². The normalized spacial score (nSPS) is 20.6. The summed E-state index contributed by atoms with van der Waals surface area (Å²) >= 11 is 0. The molecule has 4 N–H and O–H groups in total. The first kappa shape index (κ1) is 16.1. The highest BCUT2D eigenvalue weighted by Gasteiger charge is 2.24. The van der Waals surface area contributed by atoms with Crippen molar-refractivity contribution in [3.63, 3.8) is 0 Å². The van der Waals surface area contributed by atoms with Crippen molar-refractivity contribution in [2.24, 2.45) is 11.7 Å². The van der Waals surface area contributed by atoms with Crippen LogP contribution in [0.3, 0.4) is 0 Å². The van der Waals surface area contributed by atoms with Crippen molar-refractivity contribution in [1.82, 2.24) is 4.90 Å². The Morgan fingerprint density at radius 3 is 2.43 bits per heavy atom. The van der Waals surface area contributed by atoms with Crippen LogP contribution in [0.15, 0.2) is 18.2 Å². The van der Waals surface area contributed by atoms with Crippen LogP contribution < -0.4 is 16.4 Å². The molecule has 2 fully saturated rings. The second kappa shape index (κ2) is 7.21. The number of likely N-dealkylation sites (tertiary alicyclic amines) is 1. The van der Waals surface area contributed by atoms with Crippen LogP contribution >= 0.6 is 0 Å². The first-order valence-corrected chi connectivity index (χ1v) is 8.78. The number of nitrogens with two attached hydrogens (primary N) is 2. The van der Waals surface area contributed by atoms with Crippen LogP contribution in [0.1, 0.15) is 37.7 Å². The van der Waals surface area contributed by atoms with Gasteiger partial charge in [0.1, 0.15) is 0 Å². The standard InChI is InChI=1S/C18H28N4O/c19-16-5-4-14(13-21-8-2-1-3-9-21)12-17(16)22-10-6-15(7-11-22)18(20)23/h4-5,12,15H,1-3,6-11,13,19H2,(H2,20,23). The molecular weight excluding hydrogens is 288 g/mol. The van der Waals surface area contributed by atoms with Gasteiger partial charge < -0.3 is 16.4 Å². The van der Waals surface area contributed by atoms with Gasteiger partial charge in [0, 0.05) is 25.6 Å². The van der Waals surface area contributed by atoms with E-state index in [1.807, 2.05) is 6.07 Å². The lowest BCUT2D eigenvalue weighted by Gasteiger charge is -2.33. The molecule has 2 aliphatic heterocycles. The third kappa shape index (κ3) is 3.96. The molecule has 1 aromatic carbocycles. The number of rotatable bonds is 4. The number of benzene rings is 1. The second-order valence-corrected chi connectivity index (χ2v) is 6.89. The number of amides is 1. The number of hydrogen-bond acceptors (Lipinski definition) is 4. The Hall–Kier alpha value is -1.75. The minimum atomic E-state index is -0.170. The number of nitrogens with zero attached hydrogens (tertiary/aromatic N) is 2. The number of anilines is 2. The summed E-state index contributed by atoms with van der Waals surface area (Å²) in [6.07, 6.45) is 5.62. The SMILES string of the molecule is NC(=O)C1CCN(c2cc(CN3CCCCC3)ccc2N)CC1. The average Bonchev–Trinajstić information content (AvgIpc) is 2.58. The van der Waals surface area contributed by atoms with Crippen LogP contribution in [0.25, 0.3) is 0 Å². The van der Waals surface area contributed by atoms with Gasteiger partial charge in [0.25, 0.3) is 0 Å². The van der Waals surface area contributed by atoms with Gasteiger partial charge in [0.05, 0.1) is 11.4 Å². The Morgan fingerprint density at radius 1 is 1.09 bits per heavy atom. The quantitative estimate of drug-likeness (QED) is 0.833. The van der Waals surface area contributed by atoms with Gasteiger partial charge in [-0.25, -0.2) is 0 Å². The molecule has 2 saturated heterocycles. The highest BCUT2D eigenvalue weighted by Crippen LogP contribution is 2.29. The molecular formula is C18H28N4O. The zero-order valence-corrected chi connectivity index (χ0v) is 13.8. The molecule has 0 spiro atoms. The van der Waals surface area contributed by atoms with Crippen molar-refractivity contribution < 1.29 is 4.79 Å². The maximum absolute atomic E-state index is 11.3. The number of primary amides is 1. The molecule has 0 bridgehead atoms. The summed E-state index contributed by atoms with van der Waals surface area (Å²) in [6, 6.07) is 6.40. The van der Waals surface area contributed by atoms with Crippen molar-refractivity contribution in [1.29, 1.82) is 0 Å². The van der Waals surface area contributed by atoms with E-state index in [-0.39, 0.29) is 11.8 Å². The smallest absolute Gasteiger partial charge is 0.220 e. The highest BCUT2D eigenvalue weighted by molar-refractivity contribution is 5.77. The van der Waals surface area contributed by atoms with E-state index in [0.29, 0.717) is 0 Å². The van der Waals surface area contributed by atoms with E-state index in [9.17, 15) is 4.79 Å². The highest BCUT2D eigenvalue weighted by atomic mass is 16.1. The van der Waals surface area contributed by atoms with Gasteiger partial charge in [0.15, 0.2) is 0 Å². The minimum absolute atomic E-state index is 0.0176. The predicted octanol–water partition coefficient (Wildman–Crippen LogP) is 1.96. The molecule has 0 radical (unpaired) electrons. The second-order valence-electron chi connectivity index (χ2n) is 6.89. The first-order chi connectivity index (χ1) is 11.1. The summed E-state index contributed by atoms with van der Waals surface area (Å²) in [6.45, 7) is 5.11. The topological polar surface area (TPSA) is 75.6 Å². The van der Waals surface area contributed by atoms with E-state index >= 15 is 0 Å². The fraction of sp³-hybridized carbons (Fsp3) is 0.611. The lowest BCUT2D eigenvalue weighted by Crippen LogP contribution is -2.39. The van der Waals surface area contributed by atoms with Crippen LogP contribution in [-0.2, 0) is 11.3 Å². The minimum Gasteiger partial charge on any atom is -0.397 e. The molecule has 1 amide bonds. The summed E-state index contributed by atoms with van der Waals surface area (Å²) in [7, 11) is 0. The molecule has 0 unspecified atom stereocenters. The van der Waals surface area contributed by atoms with Crippen molar-refractivity contribution in [2.75, 3.05) is 36.8 Å². The Labute approximate surface area is 138 Å². The molecule has 23 heavy (non-hydrogen) atoms. The Bertz CT molecular complexity index is 546. The molecule has 5 heteroatoms. The van der Waals surface area contributed by atoms with Crippen LogP contribution in [0.4, 0.5) is 11.4 Å². The first-order valence-electron chi connectivity index (χ1n) is 8.78. The summed E-state index contributed by atoms with van der Waals surface area (Å²) in [4.78, 5) is 16.1. The molecule has 1 aromatic rings. The monoisotopic (exact) mass is 316 g/mol. The Kier molecular flexibility index (Phi) is 5.06. The fourth-order valence-corrected chi connectivity index (χ4v) is 3.74. The van der Waals surface area contributed by atoms with E-state index in [1.165, 1.54) is 37.9 Å². The summed E-state index contributed by atoms with van der Waals surface area (Å²) < 4.78 is 0. The van der Waals surface area contributed by atoms with Gasteiger partial charge in [-0.05, 0) is 56.5 Å². The molecule has 5 nitrogen and oxygen atoms in total. The van der Waals surface area contributed by atoms with E-state index in [0.717, 1.165) is 43.9 Å². The third-order valence-electron chi connectivity index (χ3n) is 5.19. The van der Waals surface area contributed by atoms with E-state index < -0.39 is 0 Å². The van der Waals surface area contributed by atoms with Gasteiger partial charge in [-0.3, -0.25) is 9.69 Å². The Balaban J connectivity index is 1.67. The predicted molar refractivity (Wildman–Crippen MR) is 94.1 cm³/mol. The molecule has 126 valence electrons. The molecule has 0 saturated carbocycles. The van der Waals surface area contributed by atoms with Crippen LogP contribution in [0, 0.1) is 5.92 Å². The van der Waals surface area contributed by atoms with Crippen molar-refractivity contribution in [2.45, 2.75) is 38.6 Å². The maximum Gasteiger partial charge on any atom is 0.220 e. The molecule has 0 atom stereocenters. The maximum atomic E-state index is 11.3. The molecule has 3 rings (SSSR count). The number of carbonyl (C=O) groups excluding carboxylic acids is 1. The van der Waals surface area contributed by atoms with Gasteiger partial charge in [-0.15, -0.1) is 0 Å². The largest absolute Gasteiger partial charge is 0.397 e. The Morgan fingerprint density at radius 2 is 1.78 bits per heavy atom. The number of hydrogen-bond donors (Lipinski definition) is 2. The van der Waals surface area contributed by atoms with Crippen molar-refractivity contribution >= 4 is 17.3 Å². The van der Waals surface area contributed by atoms with Crippen molar-refractivity contribution in [3.8, 4) is 0 Å². The van der Waals surface area contributed by atoms with E-state index in [4.69, 9.17) is 11.5 Å². The summed E-state index contributed by atoms with van der Waals surface area (Å²) in [5, 5.41) is 0. The number of carbonyl (C=O) groups is 1. The van der Waals surface area contributed by atoms with Crippen LogP contribution in [-0.4, -0.2) is 37.0 Å². The number of nitrogen functional groups attached to an aromatic ring is 1. The fourth-order valence-electron chi connectivity index (χ4n) is 3.74. The molecule has 2 heterocycles.